The Labute approximate surface area is 143 Å². The lowest BCUT2D eigenvalue weighted by Gasteiger charge is -2.18. The van der Waals surface area contributed by atoms with Gasteiger partial charge >= 0.3 is 5.69 Å². The molecule has 0 bridgehead atoms. The molecule has 7 nitrogen and oxygen atoms in total. The minimum Gasteiger partial charge on any atom is -0.300 e. The predicted octanol–water partition coefficient (Wildman–Crippen LogP) is 1.16. The lowest BCUT2D eigenvalue weighted by atomic mass is 9.89. The van der Waals surface area contributed by atoms with E-state index in [1.807, 2.05) is 0 Å². The van der Waals surface area contributed by atoms with Gasteiger partial charge in [0.25, 0.3) is 5.56 Å². The molecule has 2 heterocycles. The second-order valence-electron chi connectivity index (χ2n) is 6.08. The number of nitrogens with zero attached hydrogens (tertiary/aromatic N) is 3. The van der Waals surface area contributed by atoms with Gasteiger partial charge in [0, 0.05) is 24.2 Å². The number of fused-ring (bicyclic) bond motifs is 1. The molecule has 0 fully saturated rings. The van der Waals surface area contributed by atoms with Gasteiger partial charge in [-0.3, -0.25) is 18.7 Å². The van der Waals surface area contributed by atoms with Crippen LogP contribution in [0.15, 0.2) is 21.9 Å². The average molecular weight is 348 g/mol. The topological polar surface area (TPSA) is 86.0 Å². The molecular formula is C16H20N4O3S. The lowest BCUT2D eigenvalue weighted by Crippen LogP contribution is -2.38. The van der Waals surface area contributed by atoms with Gasteiger partial charge in [-0.1, -0.05) is 13.3 Å². The fourth-order valence-electron chi connectivity index (χ4n) is 2.90. The molecule has 0 saturated carbocycles. The summed E-state index contributed by atoms with van der Waals surface area (Å²) in [6.07, 6.45) is 5.63. The number of thiazole rings is 1. The Morgan fingerprint density at radius 2 is 2.25 bits per heavy atom. The number of amides is 1. The van der Waals surface area contributed by atoms with E-state index in [0.717, 1.165) is 35.9 Å². The third-order valence-electron chi connectivity index (χ3n) is 4.44. The summed E-state index contributed by atoms with van der Waals surface area (Å²) in [7, 11) is 1.39. The average Bonchev–Trinajstić information content (AvgIpc) is 2.96. The summed E-state index contributed by atoms with van der Waals surface area (Å²) in [6.45, 7) is 2.05. The van der Waals surface area contributed by atoms with Crippen molar-refractivity contribution in [1.82, 2.24) is 14.1 Å². The van der Waals surface area contributed by atoms with Crippen molar-refractivity contribution in [3.63, 3.8) is 0 Å². The van der Waals surface area contributed by atoms with E-state index in [-0.39, 0.29) is 12.5 Å². The SMILES string of the molecule is CC[C@@H]1CCc2nc(NC(=O)Cn3ccc(=O)n(C)c3=O)sc2C1. The van der Waals surface area contributed by atoms with Gasteiger partial charge in [-0.05, 0) is 25.2 Å². The maximum absolute atomic E-state index is 12.2. The minimum atomic E-state index is -0.512. The van der Waals surface area contributed by atoms with E-state index in [1.54, 1.807) is 0 Å². The van der Waals surface area contributed by atoms with Gasteiger partial charge < -0.3 is 5.32 Å². The molecule has 1 N–H and O–H groups in total. The van der Waals surface area contributed by atoms with E-state index in [0.29, 0.717) is 11.0 Å². The van der Waals surface area contributed by atoms with E-state index in [4.69, 9.17) is 0 Å². The number of aryl methyl sites for hydroxylation is 1. The third-order valence-corrected chi connectivity index (χ3v) is 5.48. The highest BCUT2D eigenvalue weighted by molar-refractivity contribution is 7.15. The van der Waals surface area contributed by atoms with Crippen LogP contribution in [-0.2, 0) is 31.2 Å². The van der Waals surface area contributed by atoms with Gasteiger partial charge in [-0.2, -0.15) is 0 Å². The van der Waals surface area contributed by atoms with Crippen molar-refractivity contribution in [2.45, 2.75) is 39.2 Å². The normalized spacial score (nSPS) is 16.7. The standard InChI is InChI=1S/C16H20N4O3S/c1-3-10-4-5-11-12(8-10)24-15(17-11)18-13(21)9-20-7-6-14(22)19(2)16(20)23/h6-7,10H,3-5,8-9H2,1-2H3,(H,17,18,21)/t10-/m1/s1. The van der Waals surface area contributed by atoms with Crippen LogP contribution < -0.4 is 16.6 Å². The molecule has 1 aliphatic rings. The smallest absolute Gasteiger partial charge is 0.300 e. The number of aromatic nitrogens is 3. The van der Waals surface area contributed by atoms with Crippen molar-refractivity contribution in [3.8, 4) is 0 Å². The number of hydrogen-bond donors (Lipinski definition) is 1. The van der Waals surface area contributed by atoms with Crippen molar-refractivity contribution in [2.24, 2.45) is 13.0 Å². The minimum absolute atomic E-state index is 0.144. The Morgan fingerprint density at radius 3 is 3.00 bits per heavy atom. The first kappa shape index (κ1) is 16.6. The molecule has 0 radical (unpaired) electrons. The first-order valence-electron chi connectivity index (χ1n) is 8.02. The maximum atomic E-state index is 12.2. The molecule has 0 saturated heterocycles. The van der Waals surface area contributed by atoms with Crippen molar-refractivity contribution in [3.05, 3.63) is 43.7 Å². The molecule has 0 aliphatic heterocycles. The van der Waals surface area contributed by atoms with E-state index < -0.39 is 11.2 Å². The molecule has 24 heavy (non-hydrogen) atoms. The largest absolute Gasteiger partial charge is 0.331 e. The number of hydrogen-bond acceptors (Lipinski definition) is 5. The second kappa shape index (κ2) is 6.72. The van der Waals surface area contributed by atoms with Gasteiger partial charge in [0.1, 0.15) is 6.54 Å². The van der Waals surface area contributed by atoms with Gasteiger partial charge in [-0.15, -0.1) is 11.3 Å². The van der Waals surface area contributed by atoms with Crippen LogP contribution in [0.5, 0.6) is 0 Å². The summed E-state index contributed by atoms with van der Waals surface area (Å²) >= 11 is 1.52. The molecule has 0 unspecified atom stereocenters. The van der Waals surface area contributed by atoms with E-state index in [2.05, 4.69) is 17.2 Å². The summed E-state index contributed by atoms with van der Waals surface area (Å²) in [4.78, 5) is 41.2. The van der Waals surface area contributed by atoms with Crippen molar-refractivity contribution < 1.29 is 4.79 Å². The highest BCUT2D eigenvalue weighted by Gasteiger charge is 2.22. The van der Waals surface area contributed by atoms with Crippen LogP contribution in [0.1, 0.15) is 30.3 Å². The molecule has 1 atom stereocenters. The van der Waals surface area contributed by atoms with E-state index >= 15 is 0 Å². The Bertz CT molecular complexity index is 880. The summed E-state index contributed by atoms with van der Waals surface area (Å²) in [6, 6.07) is 1.27. The molecule has 2 aromatic rings. The van der Waals surface area contributed by atoms with Crippen LogP contribution in [0.4, 0.5) is 5.13 Å². The van der Waals surface area contributed by atoms with Gasteiger partial charge in [0.15, 0.2) is 5.13 Å². The highest BCUT2D eigenvalue weighted by Crippen LogP contribution is 2.33. The number of carbonyl (C=O) groups is 1. The van der Waals surface area contributed by atoms with Gasteiger partial charge in [-0.25, -0.2) is 9.78 Å². The molecule has 0 aromatic carbocycles. The van der Waals surface area contributed by atoms with Crippen LogP contribution in [-0.4, -0.2) is 20.0 Å². The number of nitrogens with one attached hydrogen (secondary N) is 1. The first-order valence-corrected chi connectivity index (χ1v) is 8.84. The number of anilines is 1. The lowest BCUT2D eigenvalue weighted by molar-refractivity contribution is -0.116. The zero-order valence-electron chi connectivity index (χ0n) is 13.7. The molecule has 8 heteroatoms. The molecular weight excluding hydrogens is 328 g/mol. The van der Waals surface area contributed by atoms with Crippen LogP contribution in [0.25, 0.3) is 0 Å². The first-order chi connectivity index (χ1) is 11.5. The van der Waals surface area contributed by atoms with E-state index in [9.17, 15) is 14.4 Å². The zero-order chi connectivity index (χ0) is 17.3. The van der Waals surface area contributed by atoms with Crippen LogP contribution in [0.3, 0.4) is 0 Å². The molecule has 0 spiro atoms. The molecule has 2 aromatic heterocycles. The predicted molar refractivity (Wildman–Crippen MR) is 92.5 cm³/mol. The van der Waals surface area contributed by atoms with Crippen molar-refractivity contribution >= 4 is 22.4 Å². The van der Waals surface area contributed by atoms with Crippen LogP contribution >= 0.6 is 11.3 Å². The fourth-order valence-corrected chi connectivity index (χ4v) is 4.03. The quantitative estimate of drug-likeness (QED) is 0.898. The Morgan fingerprint density at radius 1 is 1.46 bits per heavy atom. The van der Waals surface area contributed by atoms with Crippen molar-refractivity contribution in [1.29, 1.82) is 0 Å². The second-order valence-corrected chi connectivity index (χ2v) is 7.16. The third kappa shape index (κ3) is 3.33. The summed E-state index contributed by atoms with van der Waals surface area (Å²) in [5.74, 6) is 0.375. The van der Waals surface area contributed by atoms with Gasteiger partial charge in [0.2, 0.25) is 5.91 Å². The van der Waals surface area contributed by atoms with Crippen molar-refractivity contribution in [2.75, 3.05) is 5.32 Å². The van der Waals surface area contributed by atoms with Crippen LogP contribution in [0.2, 0.25) is 0 Å². The number of rotatable bonds is 4. The van der Waals surface area contributed by atoms with Gasteiger partial charge in [0.05, 0.1) is 5.69 Å². The molecule has 128 valence electrons. The Kier molecular flexibility index (Phi) is 4.66. The summed E-state index contributed by atoms with van der Waals surface area (Å²) < 4.78 is 2.18. The fraction of sp³-hybridized carbons (Fsp3) is 0.500. The Hall–Kier alpha value is -2.22. The summed E-state index contributed by atoms with van der Waals surface area (Å²) in [5, 5.41) is 3.35. The Balaban J connectivity index is 1.70. The van der Waals surface area contributed by atoms with Crippen LogP contribution in [0, 0.1) is 5.92 Å². The molecule has 3 rings (SSSR count). The maximum Gasteiger partial charge on any atom is 0.331 e. The van der Waals surface area contributed by atoms with E-state index in [1.165, 1.54) is 40.1 Å². The monoisotopic (exact) mass is 348 g/mol. The zero-order valence-corrected chi connectivity index (χ0v) is 14.6. The summed E-state index contributed by atoms with van der Waals surface area (Å²) in [5.41, 5.74) is 0.177. The molecule has 1 aliphatic carbocycles. The highest BCUT2D eigenvalue weighted by atomic mass is 32.1. The molecule has 1 amide bonds. The number of carbonyl (C=O) groups excluding carboxylic acids is 1.